The smallest absolute Gasteiger partial charge is 0.145 e. The summed E-state index contributed by atoms with van der Waals surface area (Å²) in [4.78, 5) is 6.91. The highest BCUT2D eigenvalue weighted by molar-refractivity contribution is 5.88. The number of hydrogen-bond donors (Lipinski definition) is 2. The Kier molecular flexibility index (Phi) is 1.25. The summed E-state index contributed by atoms with van der Waals surface area (Å²) in [6.07, 6.45) is 1.75. The van der Waals surface area contributed by atoms with E-state index in [1.165, 1.54) is 0 Å². The van der Waals surface area contributed by atoms with Crippen molar-refractivity contribution in [2.45, 2.75) is 0 Å². The average Bonchev–Trinajstić information content (AvgIpc) is 2.52. The van der Waals surface area contributed by atoms with Gasteiger partial charge in [-0.2, -0.15) is 5.26 Å². The van der Waals surface area contributed by atoms with E-state index >= 15 is 0 Å². The van der Waals surface area contributed by atoms with Crippen molar-refractivity contribution in [2.24, 2.45) is 0 Å². The fraction of sp³-hybridized carbons (Fsp3) is 0. The van der Waals surface area contributed by atoms with Crippen LogP contribution in [0.5, 0.6) is 0 Å². The van der Waals surface area contributed by atoms with E-state index in [4.69, 9.17) is 11.0 Å². The number of fused-ring (bicyclic) bond motifs is 1. The van der Waals surface area contributed by atoms with Crippen LogP contribution in [0.2, 0.25) is 0 Å². The Hall–Kier alpha value is -2.02. The zero-order valence-corrected chi connectivity index (χ0v) is 6.20. The minimum absolute atomic E-state index is 0.336. The third-order valence-electron chi connectivity index (χ3n) is 1.68. The summed E-state index contributed by atoms with van der Waals surface area (Å²) in [6, 6.07) is 5.34. The van der Waals surface area contributed by atoms with Crippen LogP contribution in [0.25, 0.3) is 11.0 Å². The number of nitrogens with two attached hydrogens (primary N) is 1. The molecule has 2 heterocycles. The van der Waals surface area contributed by atoms with E-state index in [2.05, 4.69) is 9.97 Å². The molecule has 0 aromatic carbocycles. The quantitative estimate of drug-likeness (QED) is 0.600. The molecule has 58 valence electrons. The molecule has 0 atom stereocenters. The molecule has 12 heavy (non-hydrogen) atoms. The number of H-pyrrole nitrogens is 1. The SMILES string of the molecule is N#Cc1cc(N)c2cc[nH]c2n1. The van der Waals surface area contributed by atoms with Crippen LogP contribution < -0.4 is 5.73 Å². The van der Waals surface area contributed by atoms with Crippen molar-refractivity contribution in [3.8, 4) is 6.07 Å². The number of nitrogens with zero attached hydrogens (tertiary/aromatic N) is 2. The third kappa shape index (κ3) is 0.805. The molecule has 0 saturated heterocycles. The van der Waals surface area contributed by atoms with Gasteiger partial charge in [0.1, 0.15) is 17.4 Å². The molecule has 3 N–H and O–H groups in total. The summed E-state index contributed by atoms with van der Waals surface area (Å²) in [5.41, 5.74) is 7.24. The second-order valence-corrected chi connectivity index (χ2v) is 2.45. The topological polar surface area (TPSA) is 78.5 Å². The molecule has 0 spiro atoms. The Labute approximate surface area is 68.6 Å². The second kappa shape index (κ2) is 2.24. The number of aromatic amines is 1. The van der Waals surface area contributed by atoms with Gasteiger partial charge in [0.15, 0.2) is 0 Å². The van der Waals surface area contributed by atoms with Gasteiger partial charge < -0.3 is 10.7 Å². The molecule has 0 radical (unpaired) electrons. The largest absolute Gasteiger partial charge is 0.398 e. The summed E-state index contributed by atoms with van der Waals surface area (Å²) >= 11 is 0. The number of nitrogens with one attached hydrogen (secondary N) is 1. The Morgan fingerprint density at radius 3 is 3.17 bits per heavy atom. The lowest BCUT2D eigenvalue weighted by Gasteiger charge is -1.95. The zero-order chi connectivity index (χ0) is 8.55. The third-order valence-corrected chi connectivity index (χ3v) is 1.68. The summed E-state index contributed by atoms with van der Waals surface area (Å²) in [7, 11) is 0. The molecule has 4 nitrogen and oxygen atoms in total. The number of anilines is 1. The summed E-state index contributed by atoms with van der Waals surface area (Å²) in [6.45, 7) is 0. The fourth-order valence-corrected chi connectivity index (χ4v) is 1.12. The molecule has 4 heteroatoms. The van der Waals surface area contributed by atoms with Crippen LogP contribution in [-0.2, 0) is 0 Å². The molecule has 0 bridgehead atoms. The molecule has 0 unspecified atom stereocenters. The predicted molar refractivity (Wildman–Crippen MR) is 45.2 cm³/mol. The molecule has 0 saturated carbocycles. The van der Waals surface area contributed by atoms with Crippen LogP contribution >= 0.6 is 0 Å². The number of nitriles is 1. The van der Waals surface area contributed by atoms with Crippen molar-refractivity contribution in [3.63, 3.8) is 0 Å². The van der Waals surface area contributed by atoms with Gasteiger partial charge in [0.25, 0.3) is 0 Å². The van der Waals surface area contributed by atoms with Crippen LogP contribution in [0.15, 0.2) is 18.3 Å². The minimum atomic E-state index is 0.336. The van der Waals surface area contributed by atoms with Crippen molar-refractivity contribution in [3.05, 3.63) is 24.0 Å². The standard InChI is InChI=1S/C8H6N4/c9-4-5-3-7(10)6-1-2-11-8(6)12-5/h1-3H,(H3,10,11,12). The first-order valence-corrected chi connectivity index (χ1v) is 3.45. The van der Waals surface area contributed by atoms with Gasteiger partial charge >= 0.3 is 0 Å². The van der Waals surface area contributed by atoms with Crippen molar-refractivity contribution in [1.82, 2.24) is 9.97 Å². The molecule has 0 aliphatic heterocycles. The maximum Gasteiger partial charge on any atom is 0.145 e. The molecule has 2 aromatic heterocycles. The predicted octanol–water partition coefficient (Wildman–Crippen LogP) is 1.02. The van der Waals surface area contributed by atoms with Gasteiger partial charge in [0, 0.05) is 17.3 Å². The van der Waals surface area contributed by atoms with Crippen LogP contribution in [-0.4, -0.2) is 9.97 Å². The number of rotatable bonds is 0. The van der Waals surface area contributed by atoms with Crippen LogP contribution in [0.4, 0.5) is 5.69 Å². The van der Waals surface area contributed by atoms with E-state index in [0.717, 1.165) is 5.39 Å². The van der Waals surface area contributed by atoms with Gasteiger partial charge in [0.05, 0.1) is 0 Å². The van der Waals surface area contributed by atoms with E-state index in [9.17, 15) is 0 Å². The lowest BCUT2D eigenvalue weighted by Crippen LogP contribution is -1.90. The van der Waals surface area contributed by atoms with E-state index in [1.54, 1.807) is 12.3 Å². The molecule has 0 amide bonds. The molecular formula is C8H6N4. The van der Waals surface area contributed by atoms with Crippen LogP contribution in [0.1, 0.15) is 5.69 Å². The lowest BCUT2D eigenvalue weighted by atomic mass is 10.2. The Morgan fingerprint density at radius 1 is 1.58 bits per heavy atom. The van der Waals surface area contributed by atoms with Crippen molar-refractivity contribution in [2.75, 3.05) is 5.73 Å². The Bertz CT molecular complexity index is 463. The normalized spacial score (nSPS) is 9.92. The van der Waals surface area contributed by atoms with Crippen LogP contribution in [0.3, 0.4) is 0 Å². The van der Waals surface area contributed by atoms with E-state index < -0.39 is 0 Å². The highest BCUT2D eigenvalue weighted by atomic mass is 14.9. The summed E-state index contributed by atoms with van der Waals surface area (Å²) in [5, 5.41) is 9.43. The molecule has 2 rings (SSSR count). The fourth-order valence-electron chi connectivity index (χ4n) is 1.12. The van der Waals surface area contributed by atoms with E-state index in [0.29, 0.717) is 17.0 Å². The highest BCUT2D eigenvalue weighted by Gasteiger charge is 2.02. The number of nitrogen functional groups attached to an aromatic ring is 1. The van der Waals surface area contributed by atoms with Crippen LogP contribution in [0, 0.1) is 11.3 Å². The Balaban J connectivity index is 2.86. The first kappa shape index (κ1) is 6.68. The maximum absolute atomic E-state index is 8.58. The van der Waals surface area contributed by atoms with E-state index in [-0.39, 0.29) is 0 Å². The molecule has 0 fully saturated rings. The minimum Gasteiger partial charge on any atom is -0.398 e. The van der Waals surface area contributed by atoms with Gasteiger partial charge in [-0.1, -0.05) is 0 Å². The van der Waals surface area contributed by atoms with E-state index in [1.807, 2.05) is 12.1 Å². The zero-order valence-electron chi connectivity index (χ0n) is 6.20. The van der Waals surface area contributed by atoms with Gasteiger partial charge in [-0.3, -0.25) is 0 Å². The molecule has 0 aliphatic rings. The number of aromatic nitrogens is 2. The van der Waals surface area contributed by atoms with Crippen molar-refractivity contribution in [1.29, 1.82) is 5.26 Å². The van der Waals surface area contributed by atoms with Gasteiger partial charge in [-0.05, 0) is 12.1 Å². The summed E-state index contributed by atoms with van der Waals surface area (Å²) < 4.78 is 0. The number of pyridine rings is 1. The van der Waals surface area contributed by atoms with Gasteiger partial charge in [0.2, 0.25) is 0 Å². The summed E-state index contributed by atoms with van der Waals surface area (Å²) in [5.74, 6) is 0. The monoisotopic (exact) mass is 158 g/mol. The first-order valence-electron chi connectivity index (χ1n) is 3.45. The number of hydrogen-bond acceptors (Lipinski definition) is 3. The first-order chi connectivity index (χ1) is 5.81. The van der Waals surface area contributed by atoms with Crippen molar-refractivity contribution >= 4 is 16.7 Å². The van der Waals surface area contributed by atoms with Gasteiger partial charge in [-0.25, -0.2) is 4.98 Å². The van der Waals surface area contributed by atoms with Crippen molar-refractivity contribution < 1.29 is 0 Å². The second-order valence-electron chi connectivity index (χ2n) is 2.45. The maximum atomic E-state index is 8.58. The Morgan fingerprint density at radius 2 is 2.42 bits per heavy atom. The molecule has 0 aliphatic carbocycles. The highest BCUT2D eigenvalue weighted by Crippen LogP contribution is 2.18. The lowest BCUT2D eigenvalue weighted by molar-refractivity contribution is 1.28. The molecule has 2 aromatic rings. The van der Waals surface area contributed by atoms with Gasteiger partial charge in [-0.15, -0.1) is 0 Å². The average molecular weight is 158 g/mol. The molecular weight excluding hydrogens is 152 g/mol.